The number of hydrogen-bond acceptors (Lipinski definition) is 3. The summed E-state index contributed by atoms with van der Waals surface area (Å²) in [6, 6.07) is 3.61. The van der Waals surface area contributed by atoms with Crippen molar-refractivity contribution in [3.05, 3.63) is 22.3 Å². The molecule has 2 unspecified atom stereocenters. The summed E-state index contributed by atoms with van der Waals surface area (Å²) < 4.78 is 0.935. The summed E-state index contributed by atoms with van der Waals surface area (Å²) in [6.45, 7) is 3.83. The van der Waals surface area contributed by atoms with Gasteiger partial charge in [-0.15, -0.1) is 0 Å². The van der Waals surface area contributed by atoms with Crippen molar-refractivity contribution in [2.45, 2.75) is 39.2 Å². The van der Waals surface area contributed by atoms with Gasteiger partial charge < -0.3 is 11.1 Å². The highest BCUT2D eigenvalue weighted by atomic mass is 79.9. The highest BCUT2D eigenvalue weighted by molar-refractivity contribution is 9.10. The molecule has 1 aliphatic carbocycles. The SMILES string of the molecule is Cc1nc(NC(=O)C2(C)CCCC2N)ccc1Br. The van der Waals surface area contributed by atoms with Crippen molar-refractivity contribution in [1.82, 2.24) is 4.98 Å². The predicted molar refractivity (Wildman–Crippen MR) is 75.2 cm³/mol. The molecule has 0 bridgehead atoms. The first-order valence-electron chi connectivity index (χ1n) is 6.13. The summed E-state index contributed by atoms with van der Waals surface area (Å²) in [5.74, 6) is 0.558. The minimum absolute atomic E-state index is 0.0262. The highest BCUT2D eigenvalue weighted by Crippen LogP contribution is 2.37. The number of aryl methyl sites for hydroxylation is 1. The number of anilines is 1. The number of halogens is 1. The van der Waals surface area contributed by atoms with Crippen LogP contribution in [0.1, 0.15) is 31.9 Å². The molecule has 1 fully saturated rings. The van der Waals surface area contributed by atoms with E-state index in [1.165, 1.54) is 0 Å². The molecule has 2 rings (SSSR count). The zero-order valence-electron chi connectivity index (χ0n) is 10.7. The van der Waals surface area contributed by atoms with Crippen molar-refractivity contribution in [2.75, 3.05) is 5.32 Å². The van der Waals surface area contributed by atoms with Crippen molar-refractivity contribution >= 4 is 27.7 Å². The van der Waals surface area contributed by atoms with Crippen molar-refractivity contribution in [2.24, 2.45) is 11.1 Å². The van der Waals surface area contributed by atoms with E-state index in [-0.39, 0.29) is 11.9 Å². The van der Waals surface area contributed by atoms with Crippen LogP contribution in [0.25, 0.3) is 0 Å². The number of carbonyl (C=O) groups excluding carboxylic acids is 1. The Hall–Kier alpha value is -0.940. The first kappa shape index (κ1) is 13.5. The third-order valence-electron chi connectivity index (χ3n) is 3.81. The van der Waals surface area contributed by atoms with Gasteiger partial charge >= 0.3 is 0 Å². The highest BCUT2D eigenvalue weighted by Gasteiger charge is 2.43. The van der Waals surface area contributed by atoms with Crippen molar-refractivity contribution < 1.29 is 4.79 Å². The maximum Gasteiger partial charge on any atom is 0.233 e. The number of nitrogens with two attached hydrogens (primary N) is 1. The van der Waals surface area contributed by atoms with E-state index >= 15 is 0 Å². The third-order valence-corrected chi connectivity index (χ3v) is 4.65. The maximum atomic E-state index is 12.3. The van der Waals surface area contributed by atoms with E-state index in [2.05, 4.69) is 26.2 Å². The molecule has 4 nitrogen and oxygen atoms in total. The minimum atomic E-state index is -0.470. The van der Waals surface area contributed by atoms with Crippen LogP contribution >= 0.6 is 15.9 Å². The predicted octanol–water partition coefficient (Wildman–Crippen LogP) is 2.61. The van der Waals surface area contributed by atoms with E-state index in [0.29, 0.717) is 5.82 Å². The molecule has 98 valence electrons. The summed E-state index contributed by atoms with van der Waals surface area (Å²) in [6.07, 6.45) is 2.77. The van der Waals surface area contributed by atoms with E-state index in [9.17, 15) is 4.79 Å². The van der Waals surface area contributed by atoms with E-state index < -0.39 is 5.41 Å². The molecule has 0 saturated heterocycles. The topological polar surface area (TPSA) is 68.0 Å². The number of aromatic nitrogens is 1. The zero-order chi connectivity index (χ0) is 13.3. The summed E-state index contributed by atoms with van der Waals surface area (Å²) >= 11 is 3.39. The Morgan fingerprint density at radius 3 is 2.89 bits per heavy atom. The summed E-state index contributed by atoms with van der Waals surface area (Å²) in [7, 11) is 0. The Kier molecular flexibility index (Phi) is 3.73. The van der Waals surface area contributed by atoms with Gasteiger partial charge in [0.2, 0.25) is 5.91 Å². The van der Waals surface area contributed by atoms with Gasteiger partial charge in [-0.1, -0.05) is 6.42 Å². The molecule has 2 atom stereocenters. The first-order chi connectivity index (χ1) is 8.43. The fourth-order valence-electron chi connectivity index (χ4n) is 2.35. The quantitative estimate of drug-likeness (QED) is 0.882. The van der Waals surface area contributed by atoms with Crippen molar-refractivity contribution in [1.29, 1.82) is 0 Å². The number of hydrogen-bond donors (Lipinski definition) is 2. The molecule has 1 heterocycles. The van der Waals surface area contributed by atoms with Gasteiger partial charge in [-0.05, 0) is 54.8 Å². The molecule has 0 spiro atoms. The van der Waals surface area contributed by atoms with Gasteiger partial charge in [0.05, 0.1) is 11.1 Å². The van der Waals surface area contributed by atoms with Gasteiger partial charge in [0.15, 0.2) is 0 Å². The smallest absolute Gasteiger partial charge is 0.233 e. The molecular weight excluding hydrogens is 294 g/mol. The summed E-state index contributed by atoms with van der Waals surface area (Å²) in [5, 5.41) is 2.87. The molecule has 0 aromatic carbocycles. The number of nitrogens with one attached hydrogen (secondary N) is 1. The Balaban J connectivity index is 2.14. The van der Waals surface area contributed by atoms with Gasteiger partial charge in [0.25, 0.3) is 0 Å². The van der Waals surface area contributed by atoms with Crippen LogP contribution < -0.4 is 11.1 Å². The van der Waals surface area contributed by atoms with Crippen LogP contribution in [-0.2, 0) is 4.79 Å². The van der Waals surface area contributed by atoms with Gasteiger partial charge in [0.1, 0.15) is 5.82 Å². The van der Waals surface area contributed by atoms with Crippen LogP contribution in [0.4, 0.5) is 5.82 Å². The fraction of sp³-hybridized carbons (Fsp3) is 0.538. The lowest BCUT2D eigenvalue weighted by Gasteiger charge is -2.27. The summed E-state index contributed by atoms with van der Waals surface area (Å²) in [5.41, 5.74) is 6.42. The van der Waals surface area contributed by atoms with Gasteiger partial charge in [-0.3, -0.25) is 4.79 Å². The number of amides is 1. The Morgan fingerprint density at radius 1 is 1.61 bits per heavy atom. The molecule has 0 aliphatic heterocycles. The number of carbonyl (C=O) groups is 1. The third kappa shape index (κ3) is 2.42. The standard InChI is InChI=1S/C13H18BrN3O/c1-8-9(14)5-6-11(16-8)17-12(18)13(2)7-3-4-10(13)15/h5-6,10H,3-4,7,15H2,1-2H3,(H,16,17,18). The van der Waals surface area contributed by atoms with Crippen molar-refractivity contribution in [3.63, 3.8) is 0 Å². The fourth-order valence-corrected chi connectivity index (χ4v) is 2.57. The second-order valence-electron chi connectivity index (χ2n) is 5.13. The molecule has 18 heavy (non-hydrogen) atoms. The van der Waals surface area contributed by atoms with E-state index in [1.807, 2.05) is 19.9 Å². The zero-order valence-corrected chi connectivity index (χ0v) is 12.3. The van der Waals surface area contributed by atoms with Crippen LogP contribution in [-0.4, -0.2) is 16.9 Å². The Labute approximate surface area is 115 Å². The van der Waals surface area contributed by atoms with Gasteiger partial charge in [0, 0.05) is 10.5 Å². The van der Waals surface area contributed by atoms with Crippen LogP contribution in [0.2, 0.25) is 0 Å². The number of nitrogens with zero attached hydrogens (tertiary/aromatic N) is 1. The average molecular weight is 312 g/mol. The molecule has 1 aromatic rings. The largest absolute Gasteiger partial charge is 0.327 e. The van der Waals surface area contributed by atoms with E-state index in [0.717, 1.165) is 29.4 Å². The van der Waals surface area contributed by atoms with E-state index in [4.69, 9.17) is 5.73 Å². The van der Waals surface area contributed by atoms with Crippen LogP contribution in [0.15, 0.2) is 16.6 Å². The molecule has 0 radical (unpaired) electrons. The summed E-state index contributed by atoms with van der Waals surface area (Å²) in [4.78, 5) is 16.6. The normalized spacial score (nSPS) is 27.2. The van der Waals surface area contributed by atoms with Gasteiger partial charge in [-0.25, -0.2) is 4.98 Å². The van der Waals surface area contributed by atoms with E-state index in [1.54, 1.807) is 6.07 Å². The Bertz CT molecular complexity index is 477. The van der Waals surface area contributed by atoms with Crippen LogP contribution in [0, 0.1) is 12.3 Å². The molecule has 5 heteroatoms. The van der Waals surface area contributed by atoms with Crippen LogP contribution in [0.5, 0.6) is 0 Å². The minimum Gasteiger partial charge on any atom is -0.327 e. The average Bonchev–Trinajstić information content (AvgIpc) is 2.66. The molecule has 1 aromatic heterocycles. The molecule has 1 aliphatic rings. The monoisotopic (exact) mass is 311 g/mol. The van der Waals surface area contributed by atoms with Gasteiger partial charge in [-0.2, -0.15) is 0 Å². The lowest BCUT2D eigenvalue weighted by Crippen LogP contribution is -2.44. The molecule has 1 saturated carbocycles. The molecule has 3 N–H and O–H groups in total. The second-order valence-corrected chi connectivity index (χ2v) is 5.99. The maximum absolute atomic E-state index is 12.3. The lowest BCUT2D eigenvalue weighted by atomic mass is 9.84. The van der Waals surface area contributed by atoms with Crippen LogP contribution in [0.3, 0.4) is 0 Å². The molecular formula is C13H18BrN3O. The number of pyridine rings is 1. The van der Waals surface area contributed by atoms with Crippen molar-refractivity contribution in [3.8, 4) is 0 Å². The first-order valence-corrected chi connectivity index (χ1v) is 6.93. The lowest BCUT2D eigenvalue weighted by molar-refractivity contribution is -0.125. The molecule has 1 amide bonds. The Morgan fingerprint density at radius 2 is 2.33 bits per heavy atom. The number of rotatable bonds is 2. The second kappa shape index (κ2) is 4.97.